The van der Waals surface area contributed by atoms with Crippen molar-refractivity contribution in [2.45, 2.75) is 51.1 Å². The molecule has 11 nitrogen and oxygen atoms in total. The van der Waals surface area contributed by atoms with Gasteiger partial charge >= 0.3 is 0 Å². The van der Waals surface area contributed by atoms with Crippen LogP contribution in [-0.2, 0) is 19.0 Å². The molecule has 4 heterocycles. The maximum absolute atomic E-state index is 12.3. The molecule has 0 aromatic carbocycles. The first-order chi connectivity index (χ1) is 13.4. The monoisotopic (exact) mass is 387 g/mol. The van der Waals surface area contributed by atoms with E-state index in [1.54, 1.807) is 24.7 Å². The first-order valence-electron chi connectivity index (χ1n) is 8.99. The van der Waals surface area contributed by atoms with Gasteiger partial charge in [0.1, 0.15) is 18.3 Å². The molecule has 0 radical (unpaired) electrons. The SMILES string of the molecule is CCNc1nc(C#N)nc2c1ncn2[C@@H]1O[C@H](C(=O)NC)[C@H]2OC(C)(C)O[C@H]21. The summed E-state index contributed by atoms with van der Waals surface area (Å²) >= 11 is 0. The number of nitriles is 1. The lowest BCUT2D eigenvalue weighted by Crippen LogP contribution is -2.41. The molecule has 0 unspecified atom stereocenters. The number of hydrogen-bond donors (Lipinski definition) is 2. The van der Waals surface area contributed by atoms with Crippen molar-refractivity contribution in [3.05, 3.63) is 12.2 Å². The highest BCUT2D eigenvalue weighted by molar-refractivity contribution is 5.84. The number of aromatic nitrogens is 4. The number of carbonyl (C=O) groups excluding carboxylic acids is 1. The summed E-state index contributed by atoms with van der Waals surface area (Å²) in [5.74, 6) is -0.693. The van der Waals surface area contributed by atoms with Gasteiger partial charge in [-0.05, 0) is 20.8 Å². The molecular weight excluding hydrogens is 366 g/mol. The fourth-order valence-electron chi connectivity index (χ4n) is 3.60. The van der Waals surface area contributed by atoms with Crippen LogP contribution in [0.2, 0.25) is 0 Å². The van der Waals surface area contributed by atoms with Crippen LogP contribution in [0.1, 0.15) is 32.8 Å². The molecule has 2 aliphatic rings. The van der Waals surface area contributed by atoms with Crippen molar-refractivity contribution in [3.63, 3.8) is 0 Å². The van der Waals surface area contributed by atoms with Crippen LogP contribution in [0.15, 0.2) is 6.33 Å². The van der Waals surface area contributed by atoms with E-state index in [0.717, 1.165) is 0 Å². The summed E-state index contributed by atoms with van der Waals surface area (Å²) in [5, 5.41) is 15.0. The van der Waals surface area contributed by atoms with Gasteiger partial charge in [0, 0.05) is 13.6 Å². The summed E-state index contributed by atoms with van der Waals surface area (Å²) in [4.78, 5) is 25.2. The van der Waals surface area contributed by atoms with Crippen molar-refractivity contribution in [2.75, 3.05) is 18.9 Å². The average Bonchev–Trinajstić information content (AvgIpc) is 3.31. The predicted molar refractivity (Wildman–Crippen MR) is 96.0 cm³/mol. The number of nitrogens with one attached hydrogen (secondary N) is 2. The molecule has 2 aromatic heterocycles. The molecule has 0 aliphatic carbocycles. The van der Waals surface area contributed by atoms with Gasteiger partial charge in [0.25, 0.3) is 5.91 Å². The number of amides is 1. The molecule has 0 saturated carbocycles. The number of carbonyl (C=O) groups is 1. The number of anilines is 1. The van der Waals surface area contributed by atoms with Gasteiger partial charge in [0.2, 0.25) is 5.82 Å². The Morgan fingerprint density at radius 3 is 2.79 bits per heavy atom. The number of fused-ring (bicyclic) bond motifs is 2. The van der Waals surface area contributed by atoms with E-state index in [1.165, 1.54) is 7.05 Å². The summed E-state index contributed by atoms with van der Waals surface area (Å²) in [6, 6.07) is 1.96. The summed E-state index contributed by atoms with van der Waals surface area (Å²) in [6.07, 6.45) is -1.12. The predicted octanol–water partition coefficient (Wildman–Crippen LogP) is 0.293. The molecule has 148 valence electrons. The van der Waals surface area contributed by atoms with Crippen molar-refractivity contribution >= 4 is 22.9 Å². The van der Waals surface area contributed by atoms with Gasteiger partial charge in [0.15, 0.2) is 35.1 Å². The second-order valence-electron chi connectivity index (χ2n) is 6.99. The summed E-state index contributed by atoms with van der Waals surface area (Å²) in [5.41, 5.74) is 0.916. The normalized spacial score (nSPS) is 28.1. The molecular formula is C17H21N7O4. The van der Waals surface area contributed by atoms with E-state index in [4.69, 9.17) is 14.2 Å². The fourth-order valence-corrected chi connectivity index (χ4v) is 3.60. The Bertz CT molecular complexity index is 966. The third kappa shape index (κ3) is 2.86. The summed E-state index contributed by atoms with van der Waals surface area (Å²) in [7, 11) is 1.54. The van der Waals surface area contributed by atoms with E-state index in [-0.39, 0.29) is 11.7 Å². The fraction of sp³-hybridized carbons (Fsp3) is 0.588. The summed E-state index contributed by atoms with van der Waals surface area (Å²) in [6.45, 7) is 6.10. The Morgan fingerprint density at radius 1 is 1.36 bits per heavy atom. The van der Waals surface area contributed by atoms with E-state index in [9.17, 15) is 10.1 Å². The topological polar surface area (TPSA) is 136 Å². The molecule has 11 heteroatoms. The Kier molecular flexibility index (Phi) is 4.41. The maximum atomic E-state index is 12.3. The molecule has 2 aliphatic heterocycles. The number of likely N-dealkylation sites (N-methyl/N-ethyl adjacent to an activating group) is 1. The zero-order chi connectivity index (χ0) is 20.1. The number of imidazole rings is 1. The van der Waals surface area contributed by atoms with Crippen LogP contribution in [0.5, 0.6) is 0 Å². The molecule has 0 spiro atoms. The molecule has 4 rings (SSSR count). The van der Waals surface area contributed by atoms with Gasteiger partial charge in [-0.25, -0.2) is 4.98 Å². The van der Waals surface area contributed by atoms with E-state index in [0.29, 0.717) is 23.5 Å². The highest BCUT2D eigenvalue weighted by Gasteiger charge is 2.58. The van der Waals surface area contributed by atoms with Gasteiger partial charge in [-0.2, -0.15) is 15.2 Å². The van der Waals surface area contributed by atoms with Gasteiger partial charge in [0.05, 0.1) is 6.33 Å². The smallest absolute Gasteiger partial charge is 0.251 e. The van der Waals surface area contributed by atoms with Crippen LogP contribution in [0.3, 0.4) is 0 Å². The van der Waals surface area contributed by atoms with E-state index >= 15 is 0 Å². The van der Waals surface area contributed by atoms with Gasteiger partial charge in [-0.15, -0.1) is 0 Å². The van der Waals surface area contributed by atoms with Crippen molar-refractivity contribution in [3.8, 4) is 6.07 Å². The number of hydrogen-bond acceptors (Lipinski definition) is 9. The van der Waals surface area contributed by atoms with E-state index in [2.05, 4.69) is 25.6 Å². The molecule has 2 fully saturated rings. The van der Waals surface area contributed by atoms with Gasteiger partial charge < -0.3 is 24.8 Å². The van der Waals surface area contributed by atoms with Crippen LogP contribution in [0.4, 0.5) is 5.82 Å². The number of nitrogens with zero attached hydrogens (tertiary/aromatic N) is 5. The molecule has 2 aromatic rings. The molecule has 4 atom stereocenters. The Hall–Kier alpha value is -2.81. The van der Waals surface area contributed by atoms with Gasteiger partial charge in [-0.3, -0.25) is 9.36 Å². The Morgan fingerprint density at radius 2 is 2.11 bits per heavy atom. The largest absolute Gasteiger partial charge is 0.368 e. The minimum atomic E-state index is -0.859. The number of ether oxygens (including phenoxy) is 3. The standard InChI is InChI=1S/C17H21N7O4/c1-5-20-13-9-14(23-8(6-18)22-13)24(7-21-9)16-12-10(27-17(2,3)28-12)11(26-16)15(25)19-4/h7,10-12,16H,5H2,1-4H3,(H,19,25)(H,20,22,23)/t10-,11+,12-,16-/m1/s1. The third-order valence-electron chi connectivity index (χ3n) is 4.67. The van der Waals surface area contributed by atoms with Crippen molar-refractivity contribution < 1.29 is 19.0 Å². The van der Waals surface area contributed by atoms with Crippen molar-refractivity contribution in [1.29, 1.82) is 5.26 Å². The Balaban J connectivity index is 1.80. The van der Waals surface area contributed by atoms with Gasteiger partial charge in [-0.1, -0.05) is 0 Å². The lowest BCUT2D eigenvalue weighted by atomic mass is 10.1. The highest BCUT2D eigenvalue weighted by atomic mass is 16.8. The van der Waals surface area contributed by atoms with Crippen molar-refractivity contribution in [2.24, 2.45) is 0 Å². The zero-order valence-corrected chi connectivity index (χ0v) is 16.0. The Labute approximate surface area is 161 Å². The third-order valence-corrected chi connectivity index (χ3v) is 4.67. The molecule has 2 saturated heterocycles. The highest BCUT2D eigenvalue weighted by Crippen LogP contribution is 2.43. The molecule has 2 N–H and O–H groups in total. The second kappa shape index (κ2) is 6.66. The number of rotatable bonds is 4. The first-order valence-corrected chi connectivity index (χ1v) is 8.99. The van der Waals surface area contributed by atoms with Crippen LogP contribution >= 0.6 is 0 Å². The first kappa shape index (κ1) is 18.5. The maximum Gasteiger partial charge on any atom is 0.251 e. The minimum Gasteiger partial charge on any atom is -0.368 e. The lowest BCUT2D eigenvalue weighted by Gasteiger charge is -2.24. The van der Waals surface area contributed by atoms with Crippen LogP contribution in [-0.4, -0.2) is 63.1 Å². The minimum absolute atomic E-state index is 0.00604. The molecule has 28 heavy (non-hydrogen) atoms. The van der Waals surface area contributed by atoms with Crippen LogP contribution in [0, 0.1) is 11.3 Å². The molecule has 0 bridgehead atoms. The van der Waals surface area contributed by atoms with E-state index < -0.39 is 30.3 Å². The molecule has 1 amide bonds. The zero-order valence-electron chi connectivity index (χ0n) is 16.0. The van der Waals surface area contributed by atoms with Crippen molar-refractivity contribution in [1.82, 2.24) is 24.8 Å². The van der Waals surface area contributed by atoms with Crippen LogP contribution in [0.25, 0.3) is 11.2 Å². The quantitative estimate of drug-likeness (QED) is 0.758. The lowest BCUT2D eigenvalue weighted by molar-refractivity contribution is -0.197. The average molecular weight is 387 g/mol. The van der Waals surface area contributed by atoms with Crippen LogP contribution < -0.4 is 10.6 Å². The second-order valence-corrected chi connectivity index (χ2v) is 6.99. The van der Waals surface area contributed by atoms with E-state index in [1.807, 2.05) is 13.0 Å². The summed E-state index contributed by atoms with van der Waals surface area (Å²) < 4.78 is 19.6.